The second kappa shape index (κ2) is 4.67. The summed E-state index contributed by atoms with van der Waals surface area (Å²) in [6.07, 6.45) is 13.3. The van der Waals surface area contributed by atoms with Gasteiger partial charge in [0.25, 0.3) is 0 Å². The van der Waals surface area contributed by atoms with Gasteiger partial charge in [-0.25, -0.2) is 0 Å². The highest BCUT2D eigenvalue weighted by molar-refractivity contribution is 5.72. The second-order valence-electron chi connectivity index (χ2n) is 2.59. The fourth-order valence-corrected chi connectivity index (χ4v) is 0.842. The number of hydrogen-bond donors (Lipinski definition) is 0. The molecule has 0 saturated carbocycles. The van der Waals surface area contributed by atoms with Crippen LogP contribution < -0.4 is 0 Å². The zero-order chi connectivity index (χ0) is 7.94. The average molecular weight is 147 g/mol. The van der Waals surface area contributed by atoms with Gasteiger partial charge in [-0.1, -0.05) is 29.9 Å². The summed E-state index contributed by atoms with van der Waals surface area (Å²) in [6, 6.07) is 0. The van der Waals surface area contributed by atoms with Gasteiger partial charge < -0.3 is 0 Å². The Balaban J connectivity index is 2.62. The molecule has 58 valence electrons. The molecule has 0 bridgehead atoms. The maximum atomic E-state index is 4.16. The molecule has 0 radical (unpaired) electrons. The van der Waals surface area contributed by atoms with Crippen LogP contribution in [0.3, 0.4) is 0 Å². The number of aliphatic imine (C=N–C) groups is 1. The normalized spacial score (nSPS) is 31.5. The molecule has 1 rings (SSSR count). The Kier molecular flexibility index (Phi) is 3.39. The van der Waals surface area contributed by atoms with E-state index in [1.807, 2.05) is 18.4 Å². The van der Waals surface area contributed by atoms with Crippen molar-refractivity contribution >= 4 is 6.21 Å². The molecule has 0 amide bonds. The minimum absolute atomic E-state index is 0.786. The molecule has 0 atom stereocenters. The number of rotatable bonds is 0. The first-order valence-corrected chi connectivity index (χ1v) is 3.87. The third kappa shape index (κ3) is 3.56. The van der Waals surface area contributed by atoms with Gasteiger partial charge in [0.2, 0.25) is 0 Å². The van der Waals surface area contributed by atoms with Crippen LogP contribution in [0, 0.1) is 0 Å². The molecule has 1 heterocycles. The van der Waals surface area contributed by atoms with Crippen molar-refractivity contribution in [2.24, 2.45) is 4.99 Å². The maximum absolute atomic E-state index is 4.16. The Morgan fingerprint density at radius 3 is 3.00 bits per heavy atom. The highest BCUT2D eigenvalue weighted by Gasteiger charge is 1.82. The first-order valence-electron chi connectivity index (χ1n) is 3.87. The molecule has 1 aliphatic heterocycles. The molecule has 11 heavy (non-hydrogen) atoms. The van der Waals surface area contributed by atoms with Gasteiger partial charge in [0.05, 0.1) is 6.54 Å². The Hall–Kier alpha value is -1.11. The summed E-state index contributed by atoms with van der Waals surface area (Å²) in [6.45, 7) is 2.90. The topological polar surface area (TPSA) is 12.4 Å². The quantitative estimate of drug-likeness (QED) is 0.499. The Morgan fingerprint density at radius 1 is 1.27 bits per heavy atom. The van der Waals surface area contributed by atoms with E-state index in [0.29, 0.717) is 0 Å². The molecule has 1 heteroatoms. The van der Waals surface area contributed by atoms with Crippen LogP contribution in [-0.4, -0.2) is 12.8 Å². The lowest BCUT2D eigenvalue weighted by atomic mass is 10.2. The molecule has 0 saturated heterocycles. The highest BCUT2D eigenvalue weighted by Crippen LogP contribution is 2.00. The first-order chi connectivity index (χ1) is 5.39. The van der Waals surface area contributed by atoms with Crippen molar-refractivity contribution in [3.05, 3.63) is 36.0 Å². The van der Waals surface area contributed by atoms with Crippen LogP contribution in [0.15, 0.2) is 40.9 Å². The summed E-state index contributed by atoms with van der Waals surface area (Å²) >= 11 is 0. The van der Waals surface area contributed by atoms with Gasteiger partial charge in [-0.2, -0.15) is 0 Å². The summed E-state index contributed by atoms with van der Waals surface area (Å²) < 4.78 is 0. The van der Waals surface area contributed by atoms with Crippen LogP contribution >= 0.6 is 0 Å². The molecular formula is C10H13N. The zero-order valence-electron chi connectivity index (χ0n) is 6.83. The molecule has 0 fully saturated rings. The molecule has 1 nitrogen and oxygen atoms in total. The fourth-order valence-electron chi connectivity index (χ4n) is 0.842. The SMILES string of the molecule is C/C1=C/C=N\C/C=C\C=C/C1. The van der Waals surface area contributed by atoms with Crippen LogP contribution in [0.4, 0.5) is 0 Å². The second-order valence-corrected chi connectivity index (χ2v) is 2.59. The summed E-state index contributed by atoms with van der Waals surface area (Å²) in [4.78, 5) is 4.16. The van der Waals surface area contributed by atoms with Crippen molar-refractivity contribution < 1.29 is 0 Å². The van der Waals surface area contributed by atoms with Crippen LogP contribution in [0.2, 0.25) is 0 Å². The van der Waals surface area contributed by atoms with E-state index in [4.69, 9.17) is 0 Å². The first kappa shape index (κ1) is 7.99. The minimum Gasteiger partial charge on any atom is -0.289 e. The third-order valence-electron chi connectivity index (χ3n) is 1.50. The Labute approximate surface area is 67.8 Å². The lowest BCUT2D eigenvalue weighted by Crippen LogP contribution is -1.78. The number of nitrogens with zero attached hydrogens (tertiary/aromatic N) is 1. The van der Waals surface area contributed by atoms with Gasteiger partial charge in [-0.3, -0.25) is 4.99 Å². The largest absolute Gasteiger partial charge is 0.289 e. The smallest absolute Gasteiger partial charge is 0.0573 e. The predicted octanol–water partition coefficient (Wildman–Crippen LogP) is 2.52. The monoisotopic (exact) mass is 147 g/mol. The standard InChI is InChI=1S/C10H13N/c1-10-6-4-2-3-5-8-11-9-7-10/h2-5,7,9H,6,8H2,1H3/b4-2-,5-3-,10-7-,11-9-. The van der Waals surface area contributed by atoms with E-state index in [2.05, 4.69) is 30.1 Å². The summed E-state index contributed by atoms with van der Waals surface area (Å²) in [5.74, 6) is 0. The Bertz CT molecular complexity index is 219. The Morgan fingerprint density at radius 2 is 2.09 bits per heavy atom. The van der Waals surface area contributed by atoms with E-state index in [1.54, 1.807) is 0 Å². The summed E-state index contributed by atoms with van der Waals surface area (Å²) in [7, 11) is 0. The van der Waals surface area contributed by atoms with E-state index < -0.39 is 0 Å². The molecule has 0 aromatic rings. The predicted molar refractivity (Wildman–Crippen MR) is 50.0 cm³/mol. The third-order valence-corrected chi connectivity index (χ3v) is 1.50. The molecule has 0 unspecified atom stereocenters. The molecule has 0 N–H and O–H groups in total. The van der Waals surface area contributed by atoms with Crippen molar-refractivity contribution in [3.8, 4) is 0 Å². The van der Waals surface area contributed by atoms with Gasteiger partial charge in [-0.15, -0.1) is 0 Å². The molecule has 0 aliphatic carbocycles. The van der Waals surface area contributed by atoms with Crippen LogP contribution in [0.5, 0.6) is 0 Å². The summed E-state index contributed by atoms with van der Waals surface area (Å²) in [5.41, 5.74) is 1.35. The van der Waals surface area contributed by atoms with E-state index >= 15 is 0 Å². The van der Waals surface area contributed by atoms with Crippen LogP contribution in [0.25, 0.3) is 0 Å². The van der Waals surface area contributed by atoms with Gasteiger partial charge in [-0.05, 0) is 19.4 Å². The van der Waals surface area contributed by atoms with Crippen molar-refractivity contribution in [1.29, 1.82) is 0 Å². The van der Waals surface area contributed by atoms with Crippen molar-refractivity contribution in [1.82, 2.24) is 0 Å². The molecule has 1 aliphatic rings. The molecule has 0 spiro atoms. The average Bonchev–Trinajstić information content (AvgIpc) is 2.03. The fraction of sp³-hybridized carbons (Fsp3) is 0.300. The van der Waals surface area contributed by atoms with Crippen molar-refractivity contribution in [2.75, 3.05) is 6.54 Å². The molecule has 0 aromatic carbocycles. The number of hydrogen-bond acceptors (Lipinski definition) is 1. The van der Waals surface area contributed by atoms with Gasteiger partial charge >= 0.3 is 0 Å². The van der Waals surface area contributed by atoms with E-state index in [-0.39, 0.29) is 0 Å². The van der Waals surface area contributed by atoms with Gasteiger partial charge in [0, 0.05) is 6.21 Å². The van der Waals surface area contributed by atoms with Crippen LogP contribution in [0.1, 0.15) is 13.3 Å². The van der Waals surface area contributed by atoms with E-state index in [0.717, 1.165) is 13.0 Å². The van der Waals surface area contributed by atoms with Gasteiger partial charge in [0.15, 0.2) is 0 Å². The minimum atomic E-state index is 0.786. The van der Waals surface area contributed by atoms with Gasteiger partial charge in [0.1, 0.15) is 0 Å². The maximum Gasteiger partial charge on any atom is 0.0573 e. The lowest BCUT2D eigenvalue weighted by Gasteiger charge is -1.92. The van der Waals surface area contributed by atoms with E-state index in [1.165, 1.54) is 5.57 Å². The molecular weight excluding hydrogens is 134 g/mol. The number of allylic oxidation sites excluding steroid dienone is 5. The van der Waals surface area contributed by atoms with Crippen LogP contribution in [-0.2, 0) is 0 Å². The van der Waals surface area contributed by atoms with Crippen molar-refractivity contribution in [2.45, 2.75) is 13.3 Å². The van der Waals surface area contributed by atoms with E-state index in [9.17, 15) is 0 Å². The zero-order valence-corrected chi connectivity index (χ0v) is 6.83. The summed E-state index contributed by atoms with van der Waals surface area (Å²) in [5, 5.41) is 0. The highest BCUT2D eigenvalue weighted by atomic mass is 14.7. The molecule has 0 aromatic heterocycles. The van der Waals surface area contributed by atoms with Crippen molar-refractivity contribution in [3.63, 3.8) is 0 Å². The lowest BCUT2D eigenvalue weighted by molar-refractivity contribution is 1.20.